The fraction of sp³-hybridized carbons (Fsp3) is 0.545. The van der Waals surface area contributed by atoms with Crippen molar-refractivity contribution in [1.29, 1.82) is 0 Å². The molecule has 5 heteroatoms. The smallest absolute Gasteiger partial charge is 0.255 e. The lowest BCUT2D eigenvalue weighted by molar-refractivity contribution is 0.00455. The zero-order valence-electron chi connectivity index (χ0n) is 9.11. The molecule has 1 aromatic heterocycles. The van der Waals surface area contributed by atoms with Crippen LogP contribution in [0, 0.1) is 6.92 Å². The van der Waals surface area contributed by atoms with E-state index in [2.05, 4.69) is 0 Å². The van der Waals surface area contributed by atoms with Crippen LogP contribution in [0.2, 0.25) is 0 Å². The molecule has 1 aromatic rings. The van der Waals surface area contributed by atoms with Crippen molar-refractivity contribution in [3.05, 3.63) is 21.9 Å². The first kappa shape index (κ1) is 11.9. The number of morpholine rings is 1. The summed E-state index contributed by atoms with van der Waals surface area (Å²) in [5.74, 6) is 0.502. The van der Waals surface area contributed by atoms with Gasteiger partial charge in [0.1, 0.15) is 0 Å². The third-order valence-electron chi connectivity index (χ3n) is 2.75. The normalized spacial score (nSPS) is 21.1. The number of carbonyl (C=O) groups excluding carboxylic acids is 1. The summed E-state index contributed by atoms with van der Waals surface area (Å²) in [7, 11) is 0. The Labute approximate surface area is 104 Å². The monoisotopic (exact) mass is 259 g/mol. The van der Waals surface area contributed by atoms with E-state index in [4.69, 9.17) is 16.3 Å². The summed E-state index contributed by atoms with van der Waals surface area (Å²) >= 11 is 7.40. The van der Waals surface area contributed by atoms with Crippen molar-refractivity contribution in [1.82, 2.24) is 4.90 Å². The van der Waals surface area contributed by atoms with E-state index in [9.17, 15) is 4.79 Å². The molecular formula is C11H14ClNO2S. The maximum Gasteiger partial charge on any atom is 0.255 e. The molecule has 16 heavy (non-hydrogen) atoms. The van der Waals surface area contributed by atoms with Crippen molar-refractivity contribution in [2.24, 2.45) is 0 Å². The number of ether oxygens (including phenoxy) is 1. The van der Waals surface area contributed by atoms with Crippen LogP contribution in [0.1, 0.15) is 15.9 Å². The molecule has 2 rings (SSSR count). The van der Waals surface area contributed by atoms with E-state index in [-0.39, 0.29) is 11.9 Å². The molecule has 1 aliphatic heterocycles. The van der Waals surface area contributed by atoms with E-state index in [1.807, 2.05) is 22.6 Å². The third kappa shape index (κ3) is 2.24. The Morgan fingerprint density at radius 3 is 3.12 bits per heavy atom. The van der Waals surface area contributed by atoms with Gasteiger partial charge >= 0.3 is 0 Å². The second-order valence-corrected chi connectivity index (χ2v) is 4.90. The second kappa shape index (κ2) is 5.17. The predicted octanol–water partition coefficient (Wildman–Crippen LogP) is 2.14. The van der Waals surface area contributed by atoms with Gasteiger partial charge in [0.05, 0.1) is 24.8 Å². The minimum Gasteiger partial charge on any atom is -0.377 e. The highest BCUT2D eigenvalue weighted by Gasteiger charge is 2.28. The Bertz CT molecular complexity index is 380. The number of hydrogen-bond acceptors (Lipinski definition) is 3. The number of hydrogen-bond donors (Lipinski definition) is 0. The van der Waals surface area contributed by atoms with Crippen molar-refractivity contribution in [2.45, 2.75) is 13.0 Å². The first-order valence-electron chi connectivity index (χ1n) is 5.21. The van der Waals surface area contributed by atoms with Gasteiger partial charge in [0.2, 0.25) is 0 Å². The number of halogens is 1. The summed E-state index contributed by atoms with van der Waals surface area (Å²) < 4.78 is 5.33. The Balaban J connectivity index is 2.17. The van der Waals surface area contributed by atoms with E-state index in [1.165, 1.54) is 0 Å². The van der Waals surface area contributed by atoms with Gasteiger partial charge in [0.25, 0.3) is 5.91 Å². The maximum atomic E-state index is 12.3. The average Bonchev–Trinajstić information content (AvgIpc) is 2.74. The first-order valence-corrected chi connectivity index (χ1v) is 6.69. The van der Waals surface area contributed by atoms with Crippen LogP contribution in [0.5, 0.6) is 0 Å². The topological polar surface area (TPSA) is 29.5 Å². The maximum absolute atomic E-state index is 12.3. The van der Waals surface area contributed by atoms with Gasteiger partial charge < -0.3 is 9.64 Å². The quantitative estimate of drug-likeness (QED) is 0.762. The van der Waals surface area contributed by atoms with Gasteiger partial charge in [-0.2, -0.15) is 11.3 Å². The van der Waals surface area contributed by atoms with Gasteiger partial charge in [0, 0.05) is 17.8 Å². The zero-order valence-corrected chi connectivity index (χ0v) is 10.7. The van der Waals surface area contributed by atoms with Crippen LogP contribution >= 0.6 is 22.9 Å². The molecule has 0 bridgehead atoms. The highest BCUT2D eigenvalue weighted by molar-refractivity contribution is 7.08. The van der Waals surface area contributed by atoms with Crippen LogP contribution in [0.15, 0.2) is 10.8 Å². The minimum absolute atomic E-state index is 0.00205. The molecule has 0 spiro atoms. The third-order valence-corrected chi connectivity index (χ3v) is 3.97. The SMILES string of the molecule is Cc1cscc1C(=O)N1CCOCC1CCl. The lowest BCUT2D eigenvalue weighted by atomic mass is 10.1. The van der Waals surface area contributed by atoms with Gasteiger partial charge in [-0.25, -0.2) is 0 Å². The highest BCUT2D eigenvalue weighted by Crippen LogP contribution is 2.19. The number of amides is 1. The standard InChI is InChI=1S/C11H14ClNO2S/c1-8-6-16-7-10(8)11(14)13-2-3-15-5-9(13)4-12/h6-7,9H,2-5H2,1H3. The minimum atomic E-state index is 0.00205. The number of rotatable bonds is 2. The predicted molar refractivity (Wildman–Crippen MR) is 65.4 cm³/mol. The molecule has 1 amide bonds. The Morgan fingerprint density at radius 2 is 2.50 bits per heavy atom. The molecule has 1 saturated heterocycles. The summed E-state index contributed by atoms with van der Waals surface area (Å²) in [6.45, 7) is 3.73. The van der Waals surface area contributed by atoms with Gasteiger partial charge in [-0.15, -0.1) is 11.6 Å². The Morgan fingerprint density at radius 1 is 1.69 bits per heavy atom. The van der Waals surface area contributed by atoms with Crippen molar-refractivity contribution < 1.29 is 9.53 Å². The van der Waals surface area contributed by atoms with E-state index in [0.717, 1.165) is 11.1 Å². The fourth-order valence-corrected chi connectivity index (χ4v) is 2.86. The molecule has 0 aromatic carbocycles. The highest BCUT2D eigenvalue weighted by atomic mass is 35.5. The summed E-state index contributed by atoms with van der Waals surface area (Å²) in [5.41, 5.74) is 1.83. The van der Waals surface area contributed by atoms with Crippen LogP contribution in [-0.2, 0) is 4.74 Å². The van der Waals surface area contributed by atoms with Gasteiger partial charge in [0.15, 0.2) is 0 Å². The number of nitrogens with zero attached hydrogens (tertiary/aromatic N) is 1. The van der Waals surface area contributed by atoms with Gasteiger partial charge in [-0.05, 0) is 17.9 Å². The molecule has 0 aliphatic carbocycles. The van der Waals surface area contributed by atoms with E-state index >= 15 is 0 Å². The lowest BCUT2D eigenvalue weighted by Gasteiger charge is -2.34. The van der Waals surface area contributed by atoms with Crippen LogP contribution < -0.4 is 0 Å². The molecule has 0 N–H and O–H groups in total. The molecule has 1 aliphatic rings. The molecule has 1 unspecified atom stereocenters. The molecule has 1 atom stereocenters. The van der Waals surface area contributed by atoms with Crippen LogP contribution in [-0.4, -0.2) is 42.5 Å². The lowest BCUT2D eigenvalue weighted by Crippen LogP contribution is -2.49. The molecule has 0 saturated carbocycles. The summed E-state index contributed by atoms with van der Waals surface area (Å²) in [6, 6.07) is 0.00205. The number of alkyl halides is 1. The summed E-state index contributed by atoms with van der Waals surface area (Å²) in [4.78, 5) is 14.1. The van der Waals surface area contributed by atoms with E-state index in [0.29, 0.717) is 25.6 Å². The Kier molecular flexibility index (Phi) is 3.84. The molecule has 2 heterocycles. The van der Waals surface area contributed by atoms with Crippen molar-refractivity contribution in [3.63, 3.8) is 0 Å². The number of thiophene rings is 1. The second-order valence-electron chi connectivity index (χ2n) is 3.85. The molecule has 88 valence electrons. The van der Waals surface area contributed by atoms with Crippen molar-refractivity contribution >= 4 is 28.8 Å². The van der Waals surface area contributed by atoms with E-state index < -0.39 is 0 Å². The van der Waals surface area contributed by atoms with Gasteiger partial charge in [-0.1, -0.05) is 0 Å². The number of carbonyl (C=O) groups is 1. The average molecular weight is 260 g/mol. The largest absolute Gasteiger partial charge is 0.377 e. The molecule has 0 radical (unpaired) electrons. The summed E-state index contributed by atoms with van der Waals surface area (Å²) in [5, 5.41) is 3.89. The van der Waals surface area contributed by atoms with Crippen LogP contribution in [0.3, 0.4) is 0 Å². The first-order chi connectivity index (χ1) is 7.74. The van der Waals surface area contributed by atoms with Gasteiger partial charge in [-0.3, -0.25) is 4.79 Å². The Hall–Kier alpha value is -0.580. The molecule has 3 nitrogen and oxygen atoms in total. The molecule has 1 fully saturated rings. The zero-order chi connectivity index (χ0) is 11.5. The fourth-order valence-electron chi connectivity index (χ4n) is 1.78. The summed E-state index contributed by atoms with van der Waals surface area (Å²) in [6.07, 6.45) is 0. The van der Waals surface area contributed by atoms with Crippen LogP contribution in [0.25, 0.3) is 0 Å². The van der Waals surface area contributed by atoms with E-state index in [1.54, 1.807) is 11.3 Å². The van der Waals surface area contributed by atoms with Crippen molar-refractivity contribution in [2.75, 3.05) is 25.6 Å². The van der Waals surface area contributed by atoms with Crippen LogP contribution in [0.4, 0.5) is 0 Å². The molecular weight excluding hydrogens is 246 g/mol. The number of aryl methyl sites for hydroxylation is 1. The van der Waals surface area contributed by atoms with Crippen molar-refractivity contribution in [3.8, 4) is 0 Å².